The molecule has 1 atom stereocenters. The lowest BCUT2D eigenvalue weighted by Gasteiger charge is -2.13. The molecule has 3 rings (SSSR count). The second-order valence-corrected chi connectivity index (χ2v) is 6.39. The van der Waals surface area contributed by atoms with E-state index in [4.69, 9.17) is 9.47 Å². The van der Waals surface area contributed by atoms with Gasteiger partial charge < -0.3 is 9.47 Å². The molecule has 0 amide bonds. The van der Waals surface area contributed by atoms with Crippen molar-refractivity contribution < 1.29 is 9.47 Å². The Morgan fingerprint density at radius 2 is 1.58 bits per heavy atom. The molecular weight excluding hydrogens is 318 g/mol. The fourth-order valence-electron chi connectivity index (χ4n) is 2.10. The highest BCUT2D eigenvalue weighted by Crippen LogP contribution is 2.26. The van der Waals surface area contributed by atoms with E-state index < -0.39 is 0 Å². The molecule has 3 nitrogen and oxygen atoms in total. The minimum Gasteiger partial charge on any atom is -0.474 e. The van der Waals surface area contributed by atoms with Crippen molar-refractivity contribution in [2.75, 3.05) is 5.75 Å². The lowest BCUT2D eigenvalue weighted by molar-refractivity contribution is 0.237. The van der Waals surface area contributed by atoms with Crippen LogP contribution in [0, 0.1) is 0 Å². The average molecular weight is 337 g/mol. The van der Waals surface area contributed by atoms with Crippen molar-refractivity contribution in [3.63, 3.8) is 0 Å². The Balaban J connectivity index is 1.49. The summed E-state index contributed by atoms with van der Waals surface area (Å²) in [5.74, 6) is 3.20. The van der Waals surface area contributed by atoms with Crippen molar-refractivity contribution in [3.05, 3.63) is 79.0 Å². The fourth-order valence-corrected chi connectivity index (χ4v) is 2.92. The minimum atomic E-state index is 0.0881. The minimum absolute atomic E-state index is 0.0881. The molecule has 122 valence electrons. The molecule has 4 heteroatoms. The maximum Gasteiger partial charge on any atom is 0.213 e. The summed E-state index contributed by atoms with van der Waals surface area (Å²) in [6.45, 7) is 2.05. The summed E-state index contributed by atoms with van der Waals surface area (Å²) in [6.07, 6.45) is 1.82. The topological polar surface area (TPSA) is 31.4 Å². The van der Waals surface area contributed by atoms with Gasteiger partial charge in [-0.25, -0.2) is 4.98 Å². The number of ether oxygens (including phenoxy) is 2. The number of pyridine rings is 1. The van der Waals surface area contributed by atoms with E-state index in [0.29, 0.717) is 5.88 Å². The summed E-state index contributed by atoms with van der Waals surface area (Å²) in [5, 5.41) is 0. The van der Waals surface area contributed by atoms with E-state index in [0.717, 1.165) is 17.3 Å². The van der Waals surface area contributed by atoms with Crippen molar-refractivity contribution in [2.45, 2.75) is 17.9 Å². The van der Waals surface area contributed by atoms with Crippen molar-refractivity contribution in [1.29, 1.82) is 0 Å². The predicted molar refractivity (Wildman–Crippen MR) is 98.0 cm³/mol. The smallest absolute Gasteiger partial charge is 0.213 e. The van der Waals surface area contributed by atoms with Crippen LogP contribution in [0.4, 0.5) is 0 Å². The fraction of sp³-hybridized carbons (Fsp3) is 0.150. The Kier molecular flexibility index (Phi) is 5.75. The predicted octanol–water partition coefficient (Wildman–Crippen LogP) is 5.43. The largest absolute Gasteiger partial charge is 0.474 e. The summed E-state index contributed by atoms with van der Waals surface area (Å²) in [6, 6.07) is 23.6. The first-order chi connectivity index (χ1) is 11.8. The molecule has 2 aromatic carbocycles. The van der Waals surface area contributed by atoms with Gasteiger partial charge in [0.1, 0.15) is 17.6 Å². The van der Waals surface area contributed by atoms with Crippen molar-refractivity contribution >= 4 is 11.8 Å². The van der Waals surface area contributed by atoms with Gasteiger partial charge in [0.25, 0.3) is 0 Å². The summed E-state index contributed by atoms with van der Waals surface area (Å²) >= 11 is 1.75. The summed E-state index contributed by atoms with van der Waals surface area (Å²) in [5.41, 5.74) is 0. The number of nitrogens with zero attached hydrogens (tertiary/aromatic N) is 1. The van der Waals surface area contributed by atoms with Gasteiger partial charge in [-0.2, -0.15) is 0 Å². The molecule has 0 fully saturated rings. The molecule has 0 spiro atoms. The third kappa shape index (κ3) is 5.03. The van der Waals surface area contributed by atoms with E-state index in [1.54, 1.807) is 18.0 Å². The molecule has 0 saturated heterocycles. The molecule has 1 unspecified atom stereocenters. The molecule has 0 radical (unpaired) electrons. The van der Waals surface area contributed by atoms with E-state index in [1.165, 1.54) is 4.90 Å². The molecule has 0 aliphatic heterocycles. The van der Waals surface area contributed by atoms with Gasteiger partial charge in [-0.15, -0.1) is 11.8 Å². The number of hydrogen-bond donors (Lipinski definition) is 0. The maximum atomic E-state index is 5.80. The Labute approximate surface area is 146 Å². The lowest BCUT2D eigenvalue weighted by Crippen LogP contribution is -2.15. The third-order valence-electron chi connectivity index (χ3n) is 3.25. The van der Waals surface area contributed by atoms with Crippen LogP contribution in [0.25, 0.3) is 0 Å². The zero-order chi connectivity index (χ0) is 16.6. The quantitative estimate of drug-likeness (QED) is 0.538. The monoisotopic (exact) mass is 337 g/mol. The number of aromatic nitrogens is 1. The molecule has 0 aliphatic carbocycles. The lowest BCUT2D eigenvalue weighted by atomic mass is 10.3. The molecule has 0 N–H and O–H groups in total. The maximum absolute atomic E-state index is 5.80. The van der Waals surface area contributed by atoms with Crippen LogP contribution in [0.1, 0.15) is 6.92 Å². The van der Waals surface area contributed by atoms with E-state index in [-0.39, 0.29) is 6.10 Å². The number of rotatable bonds is 7. The van der Waals surface area contributed by atoms with Gasteiger partial charge in [0, 0.05) is 22.9 Å². The van der Waals surface area contributed by atoms with Gasteiger partial charge in [-0.05, 0) is 49.4 Å². The van der Waals surface area contributed by atoms with Crippen LogP contribution in [-0.4, -0.2) is 16.8 Å². The molecule has 0 saturated carbocycles. The highest BCUT2D eigenvalue weighted by atomic mass is 32.2. The van der Waals surface area contributed by atoms with E-state index >= 15 is 0 Å². The first kappa shape index (κ1) is 16.4. The number of para-hydroxylation sites is 1. The van der Waals surface area contributed by atoms with E-state index in [1.807, 2.05) is 60.7 Å². The number of hydrogen-bond acceptors (Lipinski definition) is 4. The van der Waals surface area contributed by atoms with Crippen molar-refractivity contribution in [2.24, 2.45) is 0 Å². The standard InChI is InChI=1S/C20H19NO2S/c1-16(22-20-9-5-6-14-21-20)15-24-19-12-10-18(11-13-19)23-17-7-3-2-4-8-17/h2-14,16H,15H2,1H3. The molecule has 0 bridgehead atoms. The second-order valence-electron chi connectivity index (χ2n) is 5.29. The average Bonchev–Trinajstić information content (AvgIpc) is 2.63. The molecule has 3 aromatic rings. The van der Waals surface area contributed by atoms with Crippen molar-refractivity contribution in [3.8, 4) is 17.4 Å². The molecule has 24 heavy (non-hydrogen) atoms. The van der Waals surface area contributed by atoms with Crippen LogP contribution in [-0.2, 0) is 0 Å². The SMILES string of the molecule is CC(CSc1ccc(Oc2ccccc2)cc1)Oc1ccccn1. The zero-order valence-corrected chi connectivity index (χ0v) is 14.3. The van der Waals surface area contributed by atoms with Gasteiger partial charge in [0.2, 0.25) is 5.88 Å². The van der Waals surface area contributed by atoms with Crippen LogP contribution in [0.2, 0.25) is 0 Å². The van der Waals surface area contributed by atoms with Crippen LogP contribution >= 0.6 is 11.8 Å². The first-order valence-electron chi connectivity index (χ1n) is 7.83. The van der Waals surface area contributed by atoms with Crippen LogP contribution in [0.15, 0.2) is 83.9 Å². The Hall–Kier alpha value is -2.46. The summed E-state index contributed by atoms with van der Waals surface area (Å²) in [4.78, 5) is 5.36. The Morgan fingerprint density at radius 3 is 2.29 bits per heavy atom. The van der Waals surface area contributed by atoms with Gasteiger partial charge in [-0.3, -0.25) is 0 Å². The van der Waals surface area contributed by atoms with E-state index in [9.17, 15) is 0 Å². The van der Waals surface area contributed by atoms with Gasteiger partial charge >= 0.3 is 0 Å². The highest BCUT2D eigenvalue weighted by Gasteiger charge is 2.06. The third-order valence-corrected chi connectivity index (χ3v) is 4.49. The van der Waals surface area contributed by atoms with Crippen molar-refractivity contribution in [1.82, 2.24) is 4.98 Å². The highest BCUT2D eigenvalue weighted by molar-refractivity contribution is 7.99. The number of thioether (sulfide) groups is 1. The van der Waals surface area contributed by atoms with Gasteiger partial charge in [-0.1, -0.05) is 24.3 Å². The van der Waals surface area contributed by atoms with Crippen LogP contribution < -0.4 is 9.47 Å². The molecule has 1 aromatic heterocycles. The normalized spacial score (nSPS) is 11.7. The van der Waals surface area contributed by atoms with E-state index in [2.05, 4.69) is 24.0 Å². The number of benzene rings is 2. The zero-order valence-electron chi connectivity index (χ0n) is 13.5. The van der Waals surface area contributed by atoms with Crippen LogP contribution in [0.3, 0.4) is 0 Å². The van der Waals surface area contributed by atoms with Gasteiger partial charge in [0.15, 0.2) is 0 Å². The second kappa shape index (κ2) is 8.41. The Morgan fingerprint density at radius 1 is 0.875 bits per heavy atom. The van der Waals surface area contributed by atoms with Gasteiger partial charge in [0.05, 0.1) is 0 Å². The Bertz CT molecular complexity index is 733. The van der Waals surface area contributed by atoms with Crippen LogP contribution in [0.5, 0.6) is 17.4 Å². The molecule has 1 heterocycles. The summed E-state index contributed by atoms with van der Waals surface area (Å²) < 4.78 is 11.6. The first-order valence-corrected chi connectivity index (χ1v) is 8.81. The summed E-state index contributed by atoms with van der Waals surface area (Å²) in [7, 11) is 0. The molecular formula is C20H19NO2S. The molecule has 0 aliphatic rings.